The molecule has 0 aromatic heterocycles. The van der Waals surface area contributed by atoms with Crippen LogP contribution in [0.4, 0.5) is 0 Å². The van der Waals surface area contributed by atoms with Crippen LogP contribution in [0.1, 0.15) is 65.2 Å². The van der Waals surface area contributed by atoms with Crippen LogP contribution in [0.3, 0.4) is 0 Å². The zero-order chi connectivity index (χ0) is 8.66. The van der Waals surface area contributed by atoms with Crippen LogP contribution in [0.15, 0.2) is 0 Å². The monoisotopic (exact) mass is 166 g/mol. The molecule has 0 radical (unpaired) electrons. The highest BCUT2D eigenvalue weighted by molar-refractivity contribution is 4.91. The van der Waals surface area contributed by atoms with Crippen LogP contribution >= 0.6 is 0 Å². The fraction of sp³-hybridized carbons (Fsp3) is 1.00. The van der Waals surface area contributed by atoms with E-state index in [2.05, 4.69) is 13.8 Å². The van der Waals surface area contributed by atoms with E-state index < -0.39 is 0 Å². The highest BCUT2D eigenvalue weighted by Crippen LogP contribution is 2.53. The normalized spacial score (nSPS) is 32.5. The van der Waals surface area contributed by atoms with Crippen LogP contribution in [0.2, 0.25) is 0 Å². The molecule has 0 amide bonds. The molecule has 0 aromatic rings. The van der Waals surface area contributed by atoms with Crippen LogP contribution in [-0.2, 0) is 0 Å². The maximum atomic E-state index is 2.44. The van der Waals surface area contributed by atoms with Gasteiger partial charge in [-0.05, 0) is 49.4 Å². The van der Waals surface area contributed by atoms with Crippen LogP contribution in [-0.4, -0.2) is 0 Å². The highest BCUT2D eigenvalue weighted by Gasteiger charge is 2.39. The molecule has 0 bridgehead atoms. The lowest BCUT2D eigenvalue weighted by Crippen LogP contribution is -2.28. The Kier molecular flexibility index (Phi) is 1.97. The van der Waals surface area contributed by atoms with Gasteiger partial charge in [-0.1, -0.05) is 26.7 Å². The molecule has 70 valence electrons. The van der Waals surface area contributed by atoms with Gasteiger partial charge in [0.1, 0.15) is 0 Å². The fourth-order valence-corrected chi connectivity index (χ4v) is 3.08. The van der Waals surface area contributed by atoms with Crippen molar-refractivity contribution in [1.29, 1.82) is 0 Å². The van der Waals surface area contributed by atoms with Gasteiger partial charge in [0.25, 0.3) is 0 Å². The lowest BCUT2D eigenvalue weighted by Gasteiger charge is -2.41. The predicted molar refractivity (Wildman–Crippen MR) is 53.2 cm³/mol. The Morgan fingerprint density at radius 3 is 1.67 bits per heavy atom. The molecule has 0 nitrogen and oxygen atoms in total. The third kappa shape index (κ3) is 1.53. The molecule has 2 aliphatic rings. The summed E-state index contributed by atoms with van der Waals surface area (Å²) in [5.74, 6) is 0. The summed E-state index contributed by atoms with van der Waals surface area (Å²) in [6.07, 6.45) is 12.1. The second kappa shape index (κ2) is 2.75. The summed E-state index contributed by atoms with van der Waals surface area (Å²) in [7, 11) is 0. The van der Waals surface area contributed by atoms with Crippen LogP contribution in [0.25, 0.3) is 0 Å². The third-order valence-electron chi connectivity index (χ3n) is 4.33. The first-order valence-corrected chi connectivity index (χ1v) is 5.62. The zero-order valence-corrected chi connectivity index (χ0v) is 8.66. The lowest BCUT2D eigenvalue weighted by molar-refractivity contribution is 0.107. The predicted octanol–water partition coefficient (Wildman–Crippen LogP) is 4.15. The minimum absolute atomic E-state index is 0.661. The molecular weight excluding hydrogens is 144 g/mol. The van der Waals surface area contributed by atoms with Gasteiger partial charge in [0, 0.05) is 0 Å². The summed E-state index contributed by atoms with van der Waals surface area (Å²) in [6.45, 7) is 4.88. The molecule has 0 atom stereocenters. The average molecular weight is 166 g/mol. The molecule has 12 heavy (non-hydrogen) atoms. The van der Waals surface area contributed by atoms with E-state index in [-0.39, 0.29) is 0 Å². The standard InChI is InChI=1S/C12H22/c1-11(2)7-9-12(10-8-11)5-3-4-6-12/h3-10H2,1-2H3. The van der Waals surface area contributed by atoms with Gasteiger partial charge in [0.05, 0.1) is 0 Å². The van der Waals surface area contributed by atoms with Crippen molar-refractivity contribution >= 4 is 0 Å². The molecule has 2 rings (SSSR count). The van der Waals surface area contributed by atoms with Crippen molar-refractivity contribution in [3.63, 3.8) is 0 Å². The Labute approximate surface area is 76.7 Å². The molecule has 0 N–H and O–H groups in total. The van der Waals surface area contributed by atoms with Crippen molar-refractivity contribution < 1.29 is 0 Å². The average Bonchev–Trinajstić information content (AvgIpc) is 2.46. The Morgan fingerprint density at radius 1 is 0.667 bits per heavy atom. The van der Waals surface area contributed by atoms with Crippen LogP contribution in [0.5, 0.6) is 0 Å². The minimum Gasteiger partial charge on any atom is -0.0599 e. The van der Waals surface area contributed by atoms with E-state index in [4.69, 9.17) is 0 Å². The molecule has 0 aliphatic heterocycles. The molecule has 0 unspecified atom stereocenters. The summed E-state index contributed by atoms with van der Waals surface area (Å²) >= 11 is 0. The van der Waals surface area contributed by atoms with Gasteiger partial charge in [-0.3, -0.25) is 0 Å². The maximum absolute atomic E-state index is 2.44. The van der Waals surface area contributed by atoms with E-state index in [1.165, 1.54) is 38.5 Å². The Bertz CT molecular complexity index is 149. The molecule has 2 aliphatic carbocycles. The molecule has 2 saturated carbocycles. The van der Waals surface area contributed by atoms with Crippen molar-refractivity contribution in [1.82, 2.24) is 0 Å². The van der Waals surface area contributed by atoms with Crippen molar-refractivity contribution in [2.45, 2.75) is 65.2 Å². The molecule has 0 aromatic carbocycles. The molecule has 0 heterocycles. The molecule has 2 fully saturated rings. The van der Waals surface area contributed by atoms with Gasteiger partial charge in [-0.15, -0.1) is 0 Å². The number of hydrogen-bond acceptors (Lipinski definition) is 0. The van der Waals surface area contributed by atoms with Gasteiger partial charge < -0.3 is 0 Å². The Hall–Kier alpha value is 0. The van der Waals surface area contributed by atoms with E-state index in [9.17, 15) is 0 Å². The van der Waals surface area contributed by atoms with E-state index in [0.29, 0.717) is 5.41 Å². The van der Waals surface area contributed by atoms with E-state index in [0.717, 1.165) is 5.41 Å². The van der Waals surface area contributed by atoms with Gasteiger partial charge in [0.15, 0.2) is 0 Å². The van der Waals surface area contributed by atoms with Gasteiger partial charge >= 0.3 is 0 Å². The van der Waals surface area contributed by atoms with Crippen molar-refractivity contribution in [2.75, 3.05) is 0 Å². The first-order valence-electron chi connectivity index (χ1n) is 5.62. The summed E-state index contributed by atoms with van der Waals surface area (Å²) in [4.78, 5) is 0. The van der Waals surface area contributed by atoms with Crippen molar-refractivity contribution in [3.05, 3.63) is 0 Å². The lowest BCUT2D eigenvalue weighted by atomic mass is 9.64. The summed E-state index contributed by atoms with van der Waals surface area (Å²) in [5.41, 5.74) is 1.49. The summed E-state index contributed by atoms with van der Waals surface area (Å²) < 4.78 is 0. The van der Waals surface area contributed by atoms with Gasteiger partial charge in [0.2, 0.25) is 0 Å². The maximum Gasteiger partial charge on any atom is -0.0297 e. The Morgan fingerprint density at radius 2 is 1.17 bits per heavy atom. The Balaban J connectivity index is 1.97. The molecule has 0 saturated heterocycles. The first kappa shape index (κ1) is 8.59. The first-order chi connectivity index (χ1) is 5.62. The van der Waals surface area contributed by atoms with Gasteiger partial charge in [-0.25, -0.2) is 0 Å². The quantitative estimate of drug-likeness (QED) is 0.507. The number of rotatable bonds is 0. The number of hydrogen-bond donors (Lipinski definition) is 0. The van der Waals surface area contributed by atoms with Crippen LogP contribution in [0, 0.1) is 10.8 Å². The highest BCUT2D eigenvalue weighted by atomic mass is 14.4. The second-order valence-corrected chi connectivity index (χ2v) is 5.87. The SMILES string of the molecule is CC1(C)CCC2(CCCC2)CC1. The largest absolute Gasteiger partial charge is 0.0599 e. The second-order valence-electron chi connectivity index (χ2n) is 5.87. The summed E-state index contributed by atoms with van der Waals surface area (Å²) in [5, 5.41) is 0. The third-order valence-corrected chi connectivity index (χ3v) is 4.33. The van der Waals surface area contributed by atoms with Crippen LogP contribution < -0.4 is 0 Å². The molecule has 1 spiro atoms. The minimum atomic E-state index is 0.661. The molecular formula is C12H22. The van der Waals surface area contributed by atoms with E-state index >= 15 is 0 Å². The van der Waals surface area contributed by atoms with Crippen molar-refractivity contribution in [2.24, 2.45) is 10.8 Å². The fourth-order valence-electron chi connectivity index (χ4n) is 3.08. The van der Waals surface area contributed by atoms with Crippen molar-refractivity contribution in [3.8, 4) is 0 Å². The van der Waals surface area contributed by atoms with E-state index in [1.54, 1.807) is 12.8 Å². The molecule has 0 heteroatoms. The van der Waals surface area contributed by atoms with Gasteiger partial charge in [-0.2, -0.15) is 0 Å². The topological polar surface area (TPSA) is 0 Å². The smallest absolute Gasteiger partial charge is 0.0297 e. The summed E-state index contributed by atoms with van der Waals surface area (Å²) in [6, 6.07) is 0. The van der Waals surface area contributed by atoms with E-state index in [1.807, 2.05) is 0 Å². The zero-order valence-electron chi connectivity index (χ0n) is 8.66.